The summed E-state index contributed by atoms with van der Waals surface area (Å²) in [5, 5.41) is 11.6. The van der Waals surface area contributed by atoms with Crippen molar-refractivity contribution in [3.63, 3.8) is 0 Å². The second-order valence-electron chi connectivity index (χ2n) is 7.29. The highest BCUT2D eigenvalue weighted by Gasteiger charge is 2.48. The third-order valence-corrected chi connectivity index (χ3v) is 5.64. The molecule has 0 radical (unpaired) electrons. The van der Waals surface area contributed by atoms with E-state index in [9.17, 15) is 18.0 Å². The van der Waals surface area contributed by atoms with Crippen molar-refractivity contribution in [3.05, 3.63) is 53.3 Å². The van der Waals surface area contributed by atoms with Gasteiger partial charge in [-0.1, -0.05) is 23.7 Å². The number of carbonyl (C=O) groups excluding carboxylic acids is 1. The number of alkyl halides is 3. The topological polar surface area (TPSA) is 110 Å². The van der Waals surface area contributed by atoms with Crippen LogP contribution in [0.3, 0.4) is 0 Å². The van der Waals surface area contributed by atoms with Crippen LogP contribution < -0.4 is 16.0 Å². The molecule has 3 aromatic rings. The summed E-state index contributed by atoms with van der Waals surface area (Å²) in [6.45, 7) is 0.479. The molecule has 1 aliphatic heterocycles. The number of nitrogens with zero attached hydrogens (tertiary/aromatic N) is 5. The molecule has 1 amide bonds. The Morgan fingerprint density at radius 1 is 1.16 bits per heavy atom. The highest BCUT2D eigenvalue weighted by atomic mass is 35.5. The van der Waals surface area contributed by atoms with Gasteiger partial charge in [-0.25, -0.2) is 4.98 Å². The SMILES string of the molecule is CNC1(C(N)=O)CN(c2nnc(-c3ccc(C(F)(F)F)cc3)c(-c3ccncc3Cl)n2)C1. The zero-order valence-corrected chi connectivity index (χ0v) is 17.4. The number of anilines is 1. The molecule has 1 saturated heterocycles. The third-order valence-electron chi connectivity index (χ3n) is 5.34. The molecule has 2 aromatic heterocycles. The van der Waals surface area contributed by atoms with Crippen LogP contribution >= 0.6 is 11.6 Å². The maximum atomic E-state index is 12.9. The molecule has 3 N–H and O–H groups in total. The summed E-state index contributed by atoms with van der Waals surface area (Å²) in [4.78, 5) is 22.0. The Hall–Kier alpha value is -3.31. The van der Waals surface area contributed by atoms with Crippen LogP contribution in [0.4, 0.5) is 19.1 Å². The lowest BCUT2D eigenvalue weighted by Crippen LogP contribution is -2.74. The van der Waals surface area contributed by atoms with Crippen LogP contribution in [0.25, 0.3) is 22.5 Å². The first-order chi connectivity index (χ1) is 15.1. The van der Waals surface area contributed by atoms with Crippen LogP contribution in [0.1, 0.15) is 5.56 Å². The van der Waals surface area contributed by atoms with Crippen molar-refractivity contribution >= 4 is 23.5 Å². The Balaban J connectivity index is 1.76. The summed E-state index contributed by atoms with van der Waals surface area (Å²) < 4.78 is 38.8. The number of benzene rings is 1. The molecule has 0 aliphatic carbocycles. The molecule has 0 bridgehead atoms. The number of carbonyl (C=O) groups is 1. The fourth-order valence-corrected chi connectivity index (χ4v) is 3.61. The number of likely N-dealkylation sites (N-methyl/N-ethyl adjacent to an activating group) is 1. The van der Waals surface area contributed by atoms with Gasteiger partial charge in [-0.3, -0.25) is 9.78 Å². The number of pyridine rings is 1. The van der Waals surface area contributed by atoms with E-state index in [1.165, 1.54) is 24.5 Å². The van der Waals surface area contributed by atoms with E-state index >= 15 is 0 Å². The van der Waals surface area contributed by atoms with Gasteiger partial charge in [0.15, 0.2) is 0 Å². The fraction of sp³-hybridized carbons (Fsp3) is 0.250. The maximum absolute atomic E-state index is 12.9. The lowest BCUT2D eigenvalue weighted by Gasteiger charge is -2.47. The van der Waals surface area contributed by atoms with E-state index in [-0.39, 0.29) is 29.8 Å². The quantitative estimate of drug-likeness (QED) is 0.598. The standard InChI is InChI=1S/C20H17ClF3N7O/c1-26-19(17(25)32)9-31(10-19)18-28-16(13-6-7-27-8-14(13)21)15(29-30-18)11-2-4-12(5-3-11)20(22,23)24/h2-8,26H,9-10H2,1H3,(H2,25,32). The summed E-state index contributed by atoms with van der Waals surface area (Å²) >= 11 is 6.31. The Morgan fingerprint density at radius 2 is 1.84 bits per heavy atom. The number of rotatable bonds is 5. The summed E-state index contributed by atoms with van der Waals surface area (Å²) in [5.41, 5.74) is 5.25. The van der Waals surface area contributed by atoms with E-state index in [0.717, 1.165) is 12.1 Å². The predicted molar refractivity (Wildman–Crippen MR) is 112 cm³/mol. The van der Waals surface area contributed by atoms with Crippen molar-refractivity contribution in [3.8, 4) is 22.5 Å². The average Bonchev–Trinajstić information content (AvgIpc) is 2.73. The van der Waals surface area contributed by atoms with Gasteiger partial charge in [0.1, 0.15) is 16.9 Å². The second-order valence-corrected chi connectivity index (χ2v) is 7.70. The van der Waals surface area contributed by atoms with Gasteiger partial charge in [-0.15, -0.1) is 10.2 Å². The smallest absolute Gasteiger partial charge is 0.368 e. The highest BCUT2D eigenvalue weighted by Crippen LogP contribution is 2.36. The molecule has 0 unspecified atom stereocenters. The van der Waals surface area contributed by atoms with E-state index in [0.29, 0.717) is 16.8 Å². The zero-order chi connectivity index (χ0) is 23.1. The molecule has 4 rings (SSSR count). The van der Waals surface area contributed by atoms with E-state index in [4.69, 9.17) is 17.3 Å². The number of nitrogens with two attached hydrogens (primary N) is 1. The van der Waals surface area contributed by atoms with Crippen molar-refractivity contribution in [2.75, 3.05) is 25.0 Å². The Kier molecular flexibility index (Phi) is 5.47. The second kappa shape index (κ2) is 7.99. The molecule has 0 atom stereocenters. The summed E-state index contributed by atoms with van der Waals surface area (Å²) in [6.07, 6.45) is -1.51. The molecule has 166 valence electrons. The van der Waals surface area contributed by atoms with Crippen molar-refractivity contribution in [1.82, 2.24) is 25.5 Å². The van der Waals surface area contributed by atoms with Crippen molar-refractivity contribution in [2.24, 2.45) is 5.73 Å². The van der Waals surface area contributed by atoms with Crippen LogP contribution in [-0.4, -0.2) is 51.7 Å². The summed E-state index contributed by atoms with van der Waals surface area (Å²) in [5.74, 6) is -0.265. The minimum Gasteiger partial charge on any atom is -0.368 e. The van der Waals surface area contributed by atoms with Gasteiger partial charge < -0.3 is 16.0 Å². The monoisotopic (exact) mass is 463 g/mol. The minimum atomic E-state index is -4.46. The average molecular weight is 464 g/mol. The van der Waals surface area contributed by atoms with Crippen LogP contribution in [-0.2, 0) is 11.0 Å². The maximum Gasteiger partial charge on any atom is 0.416 e. The molecule has 0 saturated carbocycles. The molecule has 1 fully saturated rings. The Bertz CT molecular complexity index is 1160. The molecule has 12 heteroatoms. The first kappa shape index (κ1) is 21.9. The van der Waals surface area contributed by atoms with Crippen molar-refractivity contribution in [2.45, 2.75) is 11.7 Å². The predicted octanol–water partition coefficient (Wildman–Crippen LogP) is 2.54. The number of amides is 1. The number of halogens is 4. The molecular weight excluding hydrogens is 447 g/mol. The number of primary amides is 1. The van der Waals surface area contributed by atoms with E-state index in [1.807, 2.05) is 0 Å². The van der Waals surface area contributed by atoms with Crippen LogP contribution in [0, 0.1) is 0 Å². The number of nitrogens with one attached hydrogen (secondary N) is 1. The van der Waals surface area contributed by atoms with Crippen molar-refractivity contribution in [1.29, 1.82) is 0 Å². The summed E-state index contributed by atoms with van der Waals surface area (Å²) in [7, 11) is 1.64. The van der Waals surface area contributed by atoms with Gasteiger partial charge in [-0.2, -0.15) is 13.2 Å². The molecule has 32 heavy (non-hydrogen) atoms. The van der Waals surface area contributed by atoms with Gasteiger partial charge >= 0.3 is 6.18 Å². The number of aromatic nitrogens is 4. The van der Waals surface area contributed by atoms with Gasteiger partial charge in [-0.05, 0) is 25.2 Å². The Morgan fingerprint density at radius 3 is 2.41 bits per heavy atom. The van der Waals surface area contributed by atoms with Crippen LogP contribution in [0.2, 0.25) is 5.02 Å². The first-order valence-corrected chi connectivity index (χ1v) is 9.78. The summed E-state index contributed by atoms with van der Waals surface area (Å²) in [6, 6.07) is 6.16. The van der Waals surface area contributed by atoms with Gasteiger partial charge in [0.25, 0.3) is 0 Å². The highest BCUT2D eigenvalue weighted by molar-refractivity contribution is 6.33. The van der Waals surface area contributed by atoms with E-state index < -0.39 is 23.2 Å². The van der Waals surface area contributed by atoms with E-state index in [1.54, 1.807) is 18.0 Å². The molecular formula is C20H17ClF3N7O. The van der Waals surface area contributed by atoms with Crippen molar-refractivity contribution < 1.29 is 18.0 Å². The normalized spacial score (nSPS) is 15.3. The van der Waals surface area contributed by atoms with Gasteiger partial charge in [0.2, 0.25) is 11.9 Å². The lowest BCUT2D eigenvalue weighted by atomic mass is 9.89. The van der Waals surface area contributed by atoms with Crippen LogP contribution in [0.5, 0.6) is 0 Å². The van der Waals surface area contributed by atoms with Gasteiger partial charge in [0.05, 0.1) is 10.6 Å². The molecule has 1 aliphatic rings. The lowest BCUT2D eigenvalue weighted by molar-refractivity contribution is -0.137. The molecule has 0 spiro atoms. The number of hydrogen-bond acceptors (Lipinski definition) is 7. The fourth-order valence-electron chi connectivity index (χ4n) is 3.40. The number of hydrogen-bond donors (Lipinski definition) is 2. The molecule has 3 heterocycles. The van der Waals surface area contributed by atoms with Gasteiger partial charge in [0, 0.05) is 36.6 Å². The van der Waals surface area contributed by atoms with Crippen LogP contribution in [0.15, 0.2) is 42.7 Å². The van der Waals surface area contributed by atoms with E-state index in [2.05, 4.69) is 25.5 Å². The Labute approximate surface area is 185 Å². The first-order valence-electron chi connectivity index (χ1n) is 9.40. The molecule has 8 nitrogen and oxygen atoms in total. The third kappa shape index (κ3) is 3.84. The molecule has 1 aromatic carbocycles. The zero-order valence-electron chi connectivity index (χ0n) is 16.7. The largest absolute Gasteiger partial charge is 0.416 e. The minimum absolute atomic E-state index is 0.232.